The molecule has 0 saturated carbocycles. The van der Waals surface area contributed by atoms with Crippen LogP contribution in [0.3, 0.4) is 0 Å². The number of fused-ring (bicyclic) bond motifs is 2. The Bertz CT molecular complexity index is 1390. The fourth-order valence-corrected chi connectivity index (χ4v) is 4.78. The first-order chi connectivity index (χ1) is 16.3. The van der Waals surface area contributed by atoms with Gasteiger partial charge in [0.2, 0.25) is 0 Å². The number of hydrogen-bond donors (Lipinski definition) is 2. The van der Waals surface area contributed by atoms with E-state index in [4.69, 9.17) is 4.98 Å². The predicted molar refractivity (Wildman–Crippen MR) is 132 cm³/mol. The maximum atomic E-state index is 14.5. The van der Waals surface area contributed by atoms with E-state index in [1.54, 1.807) is 30.1 Å². The number of amides is 1. The maximum absolute atomic E-state index is 14.5. The lowest BCUT2D eigenvalue weighted by Crippen LogP contribution is -2.54. The van der Waals surface area contributed by atoms with Gasteiger partial charge in [-0.1, -0.05) is 6.92 Å². The minimum Gasteiger partial charge on any atom is -0.368 e. The fourth-order valence-electron chi connectivity index (χ4n) is 4.78. The van der Waals surface area contributed by atoms with Gasteiger partial charge in [-0.2, -0.15) is 5.10 Å². The third-order valence-electron chi connectivity index (χ3n) is 6.17. The van der Waals surface area contributed by atoms with Crippen LogP contribution in [0.4, 0.5) is 15.8 Å². The van der Waals surface area contributed by atoms with Crippen LogP contribution in [-0.4, -0.2) is 50.8 Å². The zero-order chi connectivity index (χ0) is 24.0. The summed E-state index contributed by atoms with van der Waals surface area (Å²) in [5.41, 5.74) is 2.68. The summed E-state index contributed by atoms with van der Waals surface area (Å²) in [6.07, 6.45) is 4.19. The first kappa shape index (κ1) is 22.2. The Kier molecular flexibility index (Phi) is 5.65. The summed E-state index contributed by atoms with van der Waals surface area (Å²) < 4.78 is 16.1. The normalized spacial score (nSPS) is 18.6. The van der Waals surface area contributed by atoms with Gasteiger partial charge in [-0.15, -0.1) is 0 Å². The molecule has 1 saturated heterocycles. The van der Waals surface area contributed by atoms with Crippen molar-refractivity contribution in [2.24, 2.45) is 7.05 Å². The number of carbonyl (C=O) groups is 1. The molecule has 1 aliphatic rings. The van der Waals surface area contributed by atoms with Gasteiger partial charge in [0.15, 0.2) is 5.82 Å². The topological polar surface area (TPSA) is 88.0 Å². The molecule has 8 nitrogen and oxygen atoms in total. The van der Waals surface area contributed by atoms with Gasteiger partial charge in [0, 0.05) is 73.2 Å². The SMILES string of the molecule is CCc1ncc2c(N3C[C@H](C)N[C@@H](C)C3)ccc(C(=O)Nc3cc(F)c4nn(C)cc4c3)c2n1. The number of benzene rings is 2. The van der Waals surface area contributed by atoms with Crippen LogP contribution in [0.25, 0.3) is 21.8 Å². The number of aromatic nitrogens is 4. The summed E-state index contributed by atoms with van der Waals surface area (Å²) in [5, 5.41) is 12.0. The minimum atomic E-state index is -0.480. The molecule has 0 bridgehead atoms. The molecule has 2 atom stereocenters. The Hall–Kier alpha value is -3.59. The van der Waals surface area contributed by atoms with E-state index in [1.165, 1.54) is 6.07 Å². The molecule has 0 unspecified atom stereocenters. The Balaban J connectivity index is 1.54. The second-order valence-corrected chi connectivity index (χ2v) is 9.06. The van der Waals surface area contributed by atoms with E-state index < -0.39 is 5.82 Å². The van der Waals surface area contributed by atoms with E-state index in [9.17, 15) is 9.18 Å². The van der Waals surface area contributed by atoms with E-state index in [0.717, 1.165) is 24.2 Å². The number of piperazine rings is 1. The Morgan fingerprint density at radius 2 is 1.97 bits per heavy atom. The third kappa shape index (κ3) is 4.07. The number of nitrogens with one attached hydrogen (secondary N) is 2. The first-order valence-electron chi connectivity index (χ1n) is 11.6. The zero-order valence-electron chi connectivity index (χ0n) is 19.8. The van der Waals surface area contributed by atoms with Gasteiger partial charge < -0.3 is 15.5 Å². The maximum Gasteiger partial charge on any atom is 0.257 e. The molecule has 2 aromatic carbocycles. The Morgan fingerprint density at radius 1 is 1.21 bits per heavy atom. The number of rotatable bonds is 4. The number of nitrogens with zero attached hydrogens (tertiary/aromatic N) is 5. The van der Waals surface area contributed by atoms with Crippen molar-refractivity contribution in [1.29, 1.82) is 0 Å². The van der Waals surface area contributed by atoms with Gasteiger partial charge in [0.25, 0.3) is 5.91 Å². The molecule has 1 aliphatic heterocycles. The average molecular weight is 462 g/mol. The molecule has 3 heterocycles. The van der Waals surface area contributed by atoms with Crippen molar-refractivity contribution in [3.63, 3.8) is 0 Å². The van der Waals surface area contributed by atoms with E-state index in [2.05, 4.69) is 39.5 Å². The molecule has 0 spiro atoms. The molecular weight excluding hydrogens is 433 g/mol. The predicted octanol–water partition coefficient (Wildman–Crippen LogP) is 3.66. The van der Waals surface area contributed by atoms with E-state index in [1.807, 2.05) is 19.2 Å². The van der Waals surface area contributed by atoms with Crippen molar-refractivity contribution < 1.29 is 9.18 Å². The average Bonchev–Trinajstić information content (AvgIpc) is 3.18. The van der Waals surface area contributed by atoms with Crippen LogP contribution >= 0.6 is 0 Å². The molecule has 4 aromatic rings. The quantitative estimate of drug-likeness (QED) is 0.482. The molecule has 176 valence electrons. The number of halogens is 1. The Morgan fingerprint density at radius 3 is 2.71 bits per heavy atom. The van der Waals surface area contributed by atoms with E-state index >= 15 is 0 Å². The van der Waals surface area contributed by atoms with Crippen molar-refractivity contribution in [3.8, 4) is 0 Å². The van der Waals surface area contributed by atoms with Crippen LogP contribution < -0.4 is 15.5 Å². The molecule has 0 radical (unpaired) electrons. The van der Waals surface area contributed by atoms with Crippen LogP contribution in [0, 0.1) is 5.82 Å². The zero-order valence-corrected chi connectivity index (χ0v) is 19.8. The molecule has 2 aromatic heterocycles. The molecule has 9 heteroatoms. The largest absolute Gasteiger partial charge is 0.368 e. The highest BCUT2D eigenvalue weighted by molar-refractivity contribution is 6.14. The summed E-state index contributed by atoms with van der Waals surface area (Å²) >= 11 is 0. The highest BCUT2D eigenvalue weighted by atomic mass is 19.1. The molecule has 1 amide bonds. The minimum absolute atomic E-state index is 0.273. The number of hydrogen-bond acceptors (Lipinski definition) is 6. The second-order valence-electron chi connectivity index (χ2n) is 9.06. The van der Waals surface area contributed by atoms with Gasteiger partial charge in [-0.3, -0.25) is 9.48 Å². The van der Waals surface area contributed by atoms with Crippen LogP contribution in [0.5, 0.6) is 0 Å². The molecule has 5 rings (SSSR count). The molecular formula is C25H28FN7O. The number of anilines is 2. The summed E-state index contributed by atoms with van der Waals surface area (Å²) in [7, 11) is 1.73. The van der Waals surface area contributed by atoms with E-state index in [0.29, 0.717) is 46.5 Å². The lowest BCUT2D eigenvalue weighted by Gasteiger charge is -2.38. The molecule has 2 N–H and O–H groups in total. The fraction of sp³-hybridized carbons (Fsp3) is 0.360. The van der Waals surface area contributed by atoms with Gasteiger partial charge in [-0.25, -0.2) is 14.4 Å². The van der Waals surface area contributed by atoms with Gasteiger partial charge in [-0.05, 0) is 38.1 Å². The monoisotopic (exact) mass is 461 g/mol. The summed E-state index contributed by atoms with van der Waals surface area (Å²) in [6, 6.07) is 7.46. The van der Waals surface area contributed by atoms with Crippen LogP contribution in [0.15, 0.2) is 36.7 Å². The highest BCUT2D eigenvalue weighted by Crippen LogP contribution is 2.30. The van der Waals surface area contributed by atoms with Crippen LogP contribution in [0.1, 0.15) is 37.0 Å². The van der Waals surface area contributed by atoms with Crippen molar-refractivity contribution in [2.45, 2.75) is 39.3 Å². The van der Waals surface area contributed by atoms with Crippen molar-refractivity contribution in [1.82, 2.24) is 25.1 Å². The second kappa shape index (κ2) is 8.64. The Labute approximate surface area is 197 Å². The summed E-state index contributed by atoms with van der Waals surface area (Å²) in [4.78, 5) is 24.9. The highest BCUT2D eigenvalue weighted by Gasteiger charge is 2.24. The first-order valence-corrected chi connectivity index (χ1v) is 11.6. The van der Waals surface area contributed by atoms with Crippen molar-refractivity contribution in [2.75, 3.05) is 23.3 Å². The van der Waals surface area contributed by atoms with Gasteiger partial charge in [0.05, 0.1) is 11.1 Å². The lowest BCUT2D eigenvalue weighted by molar-refractivity contribution is 0.102. The van der Waals surface area contributed by atoms with Gasteiger partial charge in [0.1, 0.15) is 11.3 Å². The van der Waals surface area contributed by atoms with E-state index in [-0.39, 0.29) is 11.4 Å². The van der Waals surface area contributed by atoms with Crippen molar-refractivity contribution >= 4 is 39.1 Å². The smallest absolute Gasteiger partial charge is 0.257 e. The number of aryl methyl sites for hydroxylation is 2. The summed E-state index contributed by atoms with van der Waals surface area (Å²) in [5.74, 6) is -0.156. The molecule has 0 aliphatic carbocycles. The summed E-state index contributed by atoms with van der Waals surface area (Å²) in [6.45, 7) is 8.01. The van der Waals surface area contributed by atoms with Crippen molar-refractivity contribution in [3.05, 3.63) is 53.9 Å². The lowest BCUT2D eigenvalue weighted by atomic mass is 10.0. The third-order valence-corrected chi connectivity index (χ3v) is 6.17. The molecule has 1 fully saturated rings. The number of carbonyl (C=O) groups excluding carboxylic acids is 1. The molecule has 34 heavy (non-hydrogen) atoms. The van der Waals surface area contributed by atoms with Gasteiger partial charge >= 0.3 is 0 Å². The van der Waals surface area contributed by atoms with Crippen LogP contribution in [0.2, 0.25) is 0 Å². The standard InChI is InChI=1S/C25H28FN7O/c1-5-22-27-10-19-21(33-11-14(2)28-15(3)12-33)7-6-18(24(19)30-22)25(34)29-17-8-16-13-32(4)31-23(16)20(26)9-17/h6-10,13-15,28H,5,11-12H2,1-4H3,(H,29,34)/t14-,15-/m0/s1. The van der Waals surface area contributed by atoms with Crippen LogP contribution in [-0.2, 0) is 13.5 Å².